The van der Waals surface area contributed by atoms with Gasteiger partial charge in [0.2, 0.25) is 0 Å². The number of benzene rings is 2. The van der Waals surface area contributed by atoms with Crippen molar-refractivity contribution in [2.75, 3.05) is 4.90 Å². The highest BCUT2D eigenvalue weighted by Crippen LogP contribution is 2.33. The van der Waals surface area contributed by atoms with Crippen LogP contribution in [0.4, 0.5) is 5.69 Å². The van der Waals surface area contributed by atoms with Crippen molar-refractivity contribution in [3.05, 3.63) is 59.7 Å². The fourth-order valence-electron chi connectivity index (χ4n) is 3.01. The summed E-state index contributed by atoms with van der Waals surface area (Å²) in [6.45, 7) is 3.38. The Morgan fingerprint density at radius 1 is 1.09 bits per heavy atom. The molecule has 1 atom stereocenters. The number of hydrogen-bond donors (Lipinski definition) is 0. The van der Waals surface area contributed by atoms with Crippen LogP contribution in [0.1, 0.15) is 36.2 Å². The lowest BCUT2D eigenvalue weighted by Gasteiger charge is -2.35. The number of fused-ring (bicyclic) bond motifs is 1. The van der Waals surface area contributed by atoms with Crippen LogP contribution in [0.15, 0.2) is 48.5 Å². The van der Waals surface area contributed by atoms with E-state index in [1.807, 2.05) is 25.1 Å². The van der Waals surface area contributed by atoms with Gasteiger partial charge in [-0.3, -0.25) is 9.59 Å². The van der Waals surface area contributed by atoms with Crippen LogP contribution >= 0.6 is 0 Å². The van der Waals surface area contributed by atoms with Gasteiger partial charge in [0, 0.05) is 18.7 Å². The molecule has 3 rings (SSSR count). The molecule has 1 heterocycles. The number of ether oxygens (including phenoxy) is 1. The summed E-state index contributed by atoms with van der Waals surface area (Å²) in [6.07, 6.45) is 1.88. The van der Waals surface area contributed by atoms with Crippen LogP contribution in [-0.4, -0.2) is 17.9 Å². The molecule has 0 N–H and O–H groups in total. The second-order valence-electron chi connectivity index (χ2n) is 5.78. The van der Waals surface area contributed by atoms with Gasteiger partial charge in [0.25, 0.3) is 5.91 Å². The van der Waals surface area contributed by atoms with E-state index in [0.29, 0.717) is 11.3 Å². The Balaban J connectivity index is 2.02. The third-order valence-electron chi connectivity index (χ3n) is 4.11. The fourth-order valence-corrected chi connectivity index (χ4v) is 3.01. The van der Waals surface area contributed by atoms with Crippen LogP contribution in [-0.2, 0) is 11.2 Å². The quantitative estimate of drug-likeness (QED) is 0.629. The van der Waals surface area contributed by atoms with Crippen LogP contribution in [0.25, 0.3) is 0 Å². The third kappa shape index (κ3) is 2.97. The molecule has 1 amide bonds. The normalized spacial score (nSPS) is 16.6. The summed E-state index contributed by atoms with van der Waals surface area (Å²) in [6, 6.07) is 14.9. The van der Waals surface area contributed by atoms with E-state index in [1.165, 1.54) is 12.5 Å². The number of aryl methyl sites for hydroxylation is 1. The molecule has 0 aliphatic carbocycles. The average Bonchev–Trinajstić information content (AvgIpc) is 2.54. The van der Waals surface area contributed by atoms with Gasteiger partial charge in [0.1, 0.15) is 5.75 Å². The molecular weight excluding hydrogens is 290 g/mol. The Morgan fingerprint density at radius 2 is 1.78 bits per heavy atom. The molecular formula is C19H19NO3. The highest BCUT2D eigenvalue weighted by atomic mass is 16.5. The zero-order valence-electron chi connectivity index (χ0n) is 13.3. The fraction of sp³-hybridized carbons (Fsp3) is 0.263. The van der Waals surface area contributed by atoms with Gasteiger partial charge in [-0.1, -0.05) is 30.3 Å². The van der Waals surface area contributed by atoms with Crippen LogP contribution < -0.4 is 9.64 Å². The first kappa shape index (κ1) is 15.3. The van der Waals surface area contributed by atoms with Crippen LogP contribution in [0.5, 0.6) is 5.75 Å². The molecule has 1 aliphatic rings. The first-order chi connectivity index (χ1) is 11.1. The van der Waals surface area contributed by atoms with Crippen molar-refractivity contribution in [1.82, 2.24) is 0 Å². The molecule has 23 heavy (non-hydrogen) atoms. The van der Waals surface area contributed by atoms with Gasteiger partial charge in [0.15, 0.2) is 0 Å². The lowest BCUT2D eigenvalue weighted by atomic mass is 9.95. The Kier molecular flexibility index (Phi) is 4.15. The van der Waals surface area contributed by atoms with Gasteiger partial charge in [-0.25, -0.2) is 0 Å². The van der Waals surface area contributed by atoms with Crippen LogP contribution in [0.2, 0.25) is 0 Å². The topological polar surface area (TPSA) is 46.6 Å². The number of carbonyl (C=O) groups excluding carboxylic acids is 2. The third-order valence-corrected chi connectivity index (χ3v) is 4.11. The van der Waals surface area contributed by atoms with Crippen molar-refractivity contribution in [2.45, 2.75) is 32.7 Å². The molecule has 2 aromatic rings. The molecule has 118 valence electrons. The first-order valence-corrected chi connectivity index (χ1v) is 7.77. The Hall–Kier alpha value is -2.62. The number of esters is 1. The molecule has 0 aromatic heterocycles. The highest BCUT2D eigenvalue weighted by Gasteiger charge is 2.30. The highest BCUT2D eigenvalue weighted by molar-refractivity contribution is 6.09. The van der Waals surface area contributed by atoms with Crippen molar-refractivity contribution < 1.29 is 14.3 Å². The molecule has 0 bridgehead atoms. The van der Waals surface area contributed by atoms with Crippen molar-refractivity contribution in [2.24, 2.45) is 0 Å². The minimum absolute atomic E-state index is 0.0998. The summed E-state index contributed by atoms with van der Waals surface area (Å²) < 4.78 is 5.19. The number of rotatable bonds is 2. The molecule has 0 radical (unpaired) electrons. The van der Waals surface area contributed by atoms with Crippen LogP contribution in [0.3, 0.4) is 0 Å². The van der Waals surface area contributed by atoms with Crippen molar-refractivity contribution in [1.29, 1.82) is 0 Å². The first-order valence-electron chi connectivity index (χ1n) is 7.77. The van der Waals surface area contributed by atoms with Gasteiger partial charge < -0.3 is 9.64 Å². The molecule has 4 nitrogen and oxygen atoms in total. The minimum atomic E-state index is -0.433. The molecule has 2 aromatic carbocycles. The summed E-state index contributed by atoms with van der Waals surface area (Å²) in [5.74, 6) is -0.265. The maximum atomic E-state index is 13.1. The minimum Gasteiger partial charge on any atom is -0.426 e. The number of amides is 1. The summed E-state index contributed by atoms with van der Waals surface area (Å²) >= 11 is 0. The lowest BCUT2D eigenvalue weighted by molar-refractivity contribution is -0.131. The number of nitrogens with zero attached hydrogens (tertiary/aromatic N) is 1. The van der Waals surface area contributed by atoms with E-state index in [4.69, 9.17) is 4.74 Å². The number of para-hydroxylation sites is 2. The van der Waals surface area contributed by atoms with E-state index >= 15 is 0 Å². The Morgan fingerprint density at radius 3 is 2.57 bits per heavy atom. The number of hydrogen-bond acceptors (Lipinski definition) is 3. The van der Waals surface area contributed by atoms with E-state index in [-0.39, 0.29) is 11.9 Å². The maximum absolute atomic E-state index is 13.1. The SMILES string of the molecule is CC(=O)Oc1ccccc1C(=O)N1c2ccccc2CC[C@H]1C. The molecule has 0 spiro atoms. The Bertz CT molecular complexity index is 754. The largest absolute Gasteiger partial charge is 0.426 e. The molecule has 0 unspecified atom stereocenters. The molecule has 0 saturated carbocycles. The second kappa shape index (κ2) is 6.24. The van der Waals surface area contributed by atoms with E-state index in [2.05, 4.69) is 6.07 Å². The van der Waals surface area contributed by atoms with Crippen molar-refractivity contribution in [3.63, 3.8) is 0 Å². The van der Waals surface area contributed by atoms with Crippen molar-refractivity contribution in [3.8, 4) is 5.75 Å². The predicted octanol–water partition coefficient (Wildman–Crippen LogP) is 3.59. The van der Waals surface area contributed by atoms with Crippen molar-refractivity contribution >= 4 is 17.6 Å². The standard InChI is InChI=1S/C19H19NO3/c1-13-11-12-15-7-3-5-9-17(15)20(13)19(22)16-8-4-6-10-18(16)23-14(2)21/h3-10,13H,11-12H2,1-2H3/t13-/m1/s1. The number of carbonyl (C=O) groups is 2. The molecule has 1 aliphatic heterocycles. The zero-order valence-corrected chi connectivity index (χ0v) is 13.3. The molecule has 4 heteroatoms. The smallest absolute Gasteiger partial charge is 0.308 e. The van der Waals surface area contributed by atoms with E-state index in [1.54, 1.807) is 29.2 Å². The summed E-state index contributed by atoms with van der Waals surface area (Å²) in [5, 5.41) is 0. The van der Waals surface area contributed by atoms with Gasteiger partial charge in [-0.2, -0.15) is 0 Å². The second-order valence-corrected chi connectivity index (χ2v) is 5.78. The summed E-state index contributed by atoms with van der Waals surface area (Å²) in [5.41, 5.74) is 2.52. The zero-order chi connectivity index (χ0) is 16.4. The van der Waals surface area contributed by atoms with E-state index in [0.717, 1.165) is 18.5 Å². The van der Waals surface area contributed by atoms with Gasteiger partial charge in [-0.05, 0) is 43.5 Å². The predicted molar refractivity (Wildman–Crippen MR) is 88.8 cm³/mol. The molecule has 0 saturated heterocycles. The lowest BCUT2D eigenvalue weighted by Crippen LogP contribution is -2.42. The number of anilines is 1. The van der Waals surface area contributed by atoms with E-state index in [9.17, 15) is 9.59 Å². The molecule has 0 fully saturated rings. The summed E-state index contributed by atoms with van der Waals surface area (Å²) in [4.78, 5) is 26.2. The van der Waals surface area contributed by atoms with E-state index < -0.39 is 5.97 Å². The van der Waals surface area contributed by atoms with Gasteiger partial charge in [-0.15, -0.1) is 0 Å². The maximum Gasteiger partial charge on any atom is 0.308 e. The monoisotopic (exact) mass is 309 g/mol. The van der Waals surface area contributed by atoms with Gasteiger partial charge >= 0.3 is 5.97 Å². The average molecular weight is 309 g/mol. The summed E-state index contributed by atoms with van der Waals surface area (Å²) in [7, 11) is 0. The van der Waals surface area contributed by atoms with Crippen LogP contribution in [0, 0.1) is 0 Å². The Labute approximate surface area is 135 Å². The van der Waals surface area contributed by atoms with Gasteiger partial charge in [0.05, 0.1) is 5.56 Å².